The molecule has 0 saturated heterocycles. The summed E-state index contributed by atoms with van der Waals surface area (Å²) in [7, 11) is 0. The van der Waals surface area contributed by atoms with Crippen LogP contribution < -0.4 is 0 Å². The topological polar surface area (TPSA) is 70.2 Å². The third-order valence-corrected chi connectivity index (χ3v) is 4.95. The number of aromatic nitrogens is 3. The summed E-state index contributed by atoms with van der Waals surface area (Å²) in [4.78, 5) is 16.3. The third kappa shape index (κ3) is 4.90. The second kappa shape index (κ2) is 9.15. The predicted octanol–water partition coefficient (Wildman–Crippen LogP) is 5.51. The Balaban J connectivity index is 1.27. The fraction of sp³-hybridized carbons (Fsp3) is 0.136. The van der Waals surface area contributed by atoms with Crippen LogP contribution in [0.4, 0.5) is 0 Å². The highest BCUT2D eigenvalue weighted by molar-refractivity contribution is 6.36. The molecule has 30 heavy (non-hydrogen) atoms. The average molecular weight is 442 g/mol. The minimum Gasteiger partial charge on any atom is -0.461 e. The number of hydrogen-bond acceptors (Lipinski definition) is 5. The van der Waals surface area contributed by atoms with Crippen molar-refractivity contribution in [3.63, 3.8) is 0 Å². The van der Waals surface area contributed by atoms with Gasteiger partial charge in [-0.25, -0.2) is 9.67 Å². The van der Waals surface area contributed by atoms with Gasteiger partial charge in [0.25, 0.3) is 0 Å². The average Bonchev–Trinajstić information content (AvgIpc) is 3.43. The van der Waals surface area contributed by atoms with E-state index in [9.17, 15) is 4.79 Å². The molecule has 0 amide bonds. The van der Waals surface area contributed by atoms with Crippen molar-refractivity contribution in [2.75, 3.05) is 0 Å². The van der Waals surface area contributed by atoms with Crippen LogP contribution in [0.5, 0.6) is 0 Å². The van der Waals surface area contributed by atoms with Gasteiger partial charge in [-0.1, -0.05) is 35.3 Å². The number of hydrogen-bond donors (Lipinski definition) is 0. The van der Waals surface area contributed by atoms with Crippen molar-refractivity contribution >= 4 is 29.2 Å². The highest BCUT2D eigenvalue weighted by Gasteiger charge is 2.12. The summed E-state index contributed by atoms with van der Waals surface area (Å²) in [5.41, 5.74) is 2.53. The molecule has 4 aromatic rings. The van der Waals surface area contributed by atoms with Crippen LogP contribution in [0.3, 0.4) is 0 Å². The normalized spacial score (nSPS) is 10.9. The highest BCUT2D eigenvalue weighted by Crippen LogP contribution is 2.30. The Bertz CT molecular complexity index is 1140. The summed E-state index contributed by atoms with van der Waals surface area (Å²) in [6.45, 7) is 0.204. The van der Waals surface area contributed by atoms with E-state index in [4.69, 9.17) is 32.4 Å². The number of oxazole rings is 1. The predicted molar refractivity (Wildman–Crippen MR) is 114 cm³/mol. The number of rotatable bonds is 7. The van der Waals surface area contributed by atoms with E-state index < -0.39 is 0 Å². The lowest BCUT2D eigenvalue weighted by atomic mass is 10.2. The monoisotopic (exact) mass is 441 g/mol. The second-order valence-corrected chi connectivity index (χ2v) is 7.36. The molecule has 2 aromatic heterocycles. The number of ether oxygens (including phenoxy) is 1. The molecule has 0 atom stereocenters. The summed E-state index contributed by atoms with van der Waals surface area (Å²) in [5.74, 6) is 0.643. The maximum atomic E-state index is 12.1. The summed E-state index contributed by atoms with van der Waals surface area (Å²) in [6, 6.07) is 14.6. The van der Waals surface area contributed by atoms with Crippen molar-refractivity contribution in [2.45, 2.75) is 19.4 Å². The zero-order chi connectivity index (χ0) is 20.9. The van der Waals surface area contributed by atoms with Gasteiger partial charge in [0.05, 0.1) is 23.3 Å². The van der Waals surface area contributed by atoms with Crippen molar-refractivity contribution in [2.24, 2.45) is 0 Å². The fourth-order valence-electron chi connectivity index (χ4n) is 2.85. The van der Waals surface area contributed by atoms with Crippen LogP contribution in [0.15, 0.2) is 71.5 Å². The second-order valence-electron chi connectivity index (χ2n) is 6.52. The van der Waals surface area contributed by atoms with Gasteiger partial charge in [-0.2, -0.15) is 5.10 Å². The van der Waals surface area contributed by atoms with Crippen LogP contribution in [0.1, 0.15) is 17.9 Å². The van der Waals surface area contributed by atoms with Gasteiger partial charge >= 0.3 is 5.97 Å². The van der Waals surface area contributed by atoms with Gasteiger partial charge in [-0.05, 0) is 42.0 Å². The van der Waals surface area contributed by atoms with Crippen LogP contribution in [-0.2, 0) is 22.6 Å². The summed E-state index contributed by atoms with van der Waals surface area (Å²) >= 11 is 12.1. The van der Waals surface area contributed by atoms with Crippen LogP contribution >= 0.6 is 23.2 Å². The Morgan fingerprint density at radius 3 is 2.70 bits per heavy atom. The first-order chi connectivity index (χ1) is 14.6. The minimum absolute atomic E-state index is 0.166. The Kier molecular flexibility index (Phi) is 6.16. The van der Waals surface area contributed by atoms with E-state index in [2.05, 4.69) is 10.1 Å². The van der Waals surface area contributed by atoms with Crippen molar-refractivity contribution in [1.29, 1.82) is 0 Å². The van der Waals surface area contributed by atoms with E-state index in [1.54, 1.807) is 35.3 Å². The largest absolute Gasteiger partial charge is 0.461 e. The van der Waals surface area contributed by atoms with Crippen molar-refractivity contribution in [3.05, 3.63) is 88.6 Å². The highest BCUT2D eigenvalue weighted by atomic mass is 35.5. The molecule has 0 aliphatic rings. The lowest BCUT2D eigenvalue weighted by Crippen LogP contribution is -2.06. The Morgan fingerprint density at radius 2 is 1.97 bits per heavy atom. The molecule has 0 spiro atoms. The van der Waals surface area contributed by atoms with Gasteiger partial charge in [0, 0.05) is 29.4 Å². The number of halogens is 2. The van der Waals surface area contributed by atoms with Crippen LogP contribution in [0.25, 0.3) is 17.0 Å². The molecule has 4 rings (SSSR count). The first-order valence-corrected chi connectivity index (χ1v) is 9.99. The van der Waals surface area contributed by atoms with E-state index in [-0.39, 0.29) is 19.0 Å². The van der Waals surface area contributed by atoms with Crippen LogP contribution in [0.2, 0.25) is 10.0 Å². The van der Waals surface area contributed by atoms with Gasteiger partial charge in [-0.15, -0.1) is 0 Å². The summed E-state index contributed by atoms with van der Waals surface area (Å²) in [5, 5.41) is 5.20. The van der Waals surface area contributed by atoms with Gasteiger partial charge in [0.1, 0.15) is 6.61 Å². The number of nitrogens with zero attached hydrogens (tertiary/aromatic N) is 3. The van der Waals surface area contributed by atoms with Gasteiger partial charge in [0.15, 0.2) is 11.7 Å². The Hall–Kier alpha value is -3.09. The van der Waals surface area contributed by atoms with E-state index in [1.165, 1.54) is 0 Å². The first-order valence-electron chi connectivity index (χ1n) is 9.23. The minimum atomic E-state index is -0.324. The molecule has 0 bridgehead atoms. The zero-order valence-corrected chi connectivity index (χ0v) is 17.3. The molecule has 6 nitrogen and oxygen atoms in total. The van der Waals surface area contributed by atoms with E-state index in [0.717, 1.165) is 11.3 Å². The molecule has 0 unspecified atom stereocenters. The number of benzene rings is 2. The molecule has 2 aromatic carbocycles. The number of aryl methyl sites for hydroxylation is 1. The molecule has 2 heterocycles. The van der Waals surface area contributed by atoms with E-state index in [0.29, 0.717) is 33.7 Å². The molecular formula is C22H17Cl2N3O3. The lowest BCUT2D eigenvalue weighted by molar-refractivity contribution is -0.145. The van der Waals surface area contributed by atoms with Gasteiger partial charge in [-0.3, -0.25) is 4.79 Å². The lowest BCUT2D eigenvalue weighted by Gasteiger charge is -2.06. The molecule has 0 radical (unpaired) electrons. The van der Waals surface area contributed by atoms with Crippen LogP contribution in [-0.4, -0.2) is 20.7 Å². The van der Waals surface area contributed by atoms with Gasteiger partial charge < -0.3 is 9.15 Å². The Morgan fingerprint density at radius 1 is 1.13 bits per heavy atom. The number of carbonyl (C=O) groups is 1. The molecular weight excluding hydrogens is 425 g/mol. The molecule has 0 saturated carbocycles. The summed E-state index contributed by atoms with van der Waals surface area (Å²) < 4.78 is 12.8. The van der Waals surface area contributed by atoms with E-state index in [1.807, 2.05) is 36.5 Å². The smallest absolute Gasteiger partial charge is 0.306 e. The van der Waals surface area contributed by atoms with Crippen molar-refractivity contribution in [1.82, 2.24) is 14.8 Å². The zero-order valence-electron chi connectivity index (χ0n) is 15.8. The van der Waals surface area contributed by atoms with E-state index >= 15 is 0 Å². The summed E-state index contributed by atoms with van der Waals surface area (Å²) in [6.07, 6.45) is 5.67. The molecule has 0 fully saturated rings. The maximum absolute atomic E-state index is 12.1. The first kappa shape index (κ1) is 20.2. The van der Waals surface area contributed by atoms with Crippen molar-refractivity contribution < 1.29 is 13.9 Å². The molecule has 0 aliphatic carbocycles. The molecule has 0 N–H and O–H groups in total. The Labute approximate surface area is 183 Å². The molecule has 8 heteroatoms. The fourth-order valence-corrected chi connectivity index (χ4v) is 3.35. The molecule has 0 aliphatic heterocycles. The number of esters is 1. The van der Waals surface area contributed by atoms with Gasteiger partial charge in [0.2, 0.25) is 0 Å². The third-order valence-electron chi connectivity index (χ3n) is 4.40. The van der Waals surface area contributed by atoms with Crippen LogP contribution in [0, 0.1) is 0 Å². The SMILES string of the molecule is O=C(CCc1ncc(-c2ccc(Cl)cc2Cl)o1)OCc1ccc(-n2cccn2)cc1. The molecule has 152 valence electrons. The standard InChI is InChI=1S/C22H17Cl2N3O3/c23-16-4-7-18(19(24)12-16)20-13-25-21(30-20)8-9-22(28)29-14-15-2-5-17(6-3-15)27-11-1-10-26-27/h1-7,10-13H,8-9,14H2. The maximum Gasteiger partial charge on any atom is 0.306 e. The van der Waals surface area contributed by atoms with Crippen molar-refractivity contribution in [3.8, 4) is 17.0 Å². The quantitative estimate of drug-likeness (QED) is 0.353. The number of carbonyl (C=O) groups excluding carboxylic acids is 1.